The number of rotatable bonds is 8. The molecule has 0 spiro atoms. The van der Waals surface area contributed by atoms with E-state index in [0.717, 1.165) is 13.1 Å². The first-order chi connectivity index (χ1) is 14.4. The SMILES string of the molecule is C#C[C@@]1(Cl)C(O)[C@@H]([C@H](C)OP(=O)(O)OP(=O)(O)OP(=O)(O)O)O[C@H]1n1ncc(N)nc1=O. The Morgan fingerprint density at radius 2 is 1.91 bits per heavy atom. The van der Waals surface area contributed by atoms with Gasteiger partial charge in [-0.25, -0.2) is 18.5 Å². The Labute approximate surface area is 183 Å². The summed E-state index contributed by atoms with van der Waals surface area (Å²) >= 11 is 6.23. The molecule has 1 aliphatic heterocycles. The van der Waals surface area contributed by atoms with Crippen LogP contribution in [0.3, 0.4) is 0 Å². The fourth-order valence-electron chi connectivity index (χ4n) is 2.56. The average molecular weight is 541 g/mol. The first-order valence-corrected chi connectivity index (χ1v) is 12.8. The summed E-state index contributed by atoms with van der Waals surface area (Å²) in [7, 11) is -16.9. The molecule has 0 radical (unpaired) electrons. The van der Waals surface area contributed by atoms with Crippen LogP contribution in [0.25, 0.3) is 0 Å². The Kier molecular flexibility index (Phi) is 7.78. The van der Waals surface area contributed by atoms with Gasteiger partial charge in [0.2, 0.25) is 0 Å². The number of nitrogens with two attached hydrogens (primary N) is 1. The van der Waals surface area contributed by atoms with E-state index < -0.39 is 58.6 Å². The monoisotopic (exact) mass is 540 g/mol. The minimum absolute atomic E-state index is 0.247. The van der Waals surface area contributed by atoms with Crippen molar-refractivity contribution in [2.45, 2.75) is 36.3 Å². The van der Waals surface area contributed by atoms with Crippen molar-refractivity contribution in [3.05, 3.63) is 16.7 Å². The molecule has 7 atom stereocenters. The molecule has 0 amide bonds. The van der Waals surface area contributed by atoms with Crippen LogP contribution < -0.4 is 11.4 Å². The van der Waals surface area contributed by atoms with Crippen molar-refractivity contribution in [1.29, 1.82) is 0 Å². The molecule has 0 bridgehead atoms. The van der Waals surface area contributed by atoms with Crippen molar-refractivity contribution >= 4 is 40.9 Å². The molecule has 1 aromatic heterocycles. The molecular formula is C11H16ClN4O13P3. The summed E-state index contributed by atoms with van der Waals surface area (Å²) in [5.74, 6) is 1.77. The molecule has 0 aromatic carbocycles. The van der Waals surface area contributed by atoms with Crippen LogP contribution >= 0.6 is 35.1 Å². The Morgan fingerprint density at radius 1 is 1.31 bits per heavy atom. The third-order valence-corrected chi connectivity index (χ3v) is 8.19. The normalized spacial score (nSPS) is 30.8. The molecule has 1 aliphatic rings. The van der Waals surface area contributed by atoms with Crippen molar-refractivity contribution in [3.63, 3.8) is 0 Å². The van der Waals surface area contributed by atoms with Crippen LogP contribution in [-0.4, -0.2) is 62.6 Å². The van der Waals surface area contributed by atoms with Crippen LogP contribution in [0.5, 0.6) is 0 Å². The molecule has 1 aromatic rings. The van der Waals surface area contributed by atoms with Gasteiger partial charge in [-0.15, -0.1) is 6.42 Å². The topological polar surface area (TPSA) is 263 Å². The lowest BCUT2D eigenvalue weighted by Crippen LogP contribution is -2.45. The van der Waals surface area contributed by atoms with E-state index in [-0.39, 0.29) is 5.82 Å². The van der Waals surface area contributed by atoms with E-state index in [1.807, 2.05) is 5.92 Å². The first-order valence-electron chi connectivity index (χ1n) is 7.94. The van der Waals surface area contributed by atoms with Gasteiger partial charge in [0.05, 0.1) is 12.3 Å². The number of phosphoric ester groups is 1. The highest BCUT2D eigenvalue weighted by atomic mass is 35.5. The summed E-state index contributed by atoms with van der Waals surface area (Å²) in [5.41, 5.74) is 4.28. The second kappa shape index (κ2) is 9.21. The van der Waals surface area contributed by atoms with Gasteiger partial charge in [-0.2, -0.15) is 23.4 Å². The highest BCUT2D eigenvalue weighted by Crippen LogP contribution is 2.66. The van der Waals surface area contributed by atoms with Crippen LogP contribution in [-0.2, 0) is 31.6 Å². The lowest BCUT2D eigenvalue weighted by atomic mass is 9.97. The average Bonchev–Trinajstić information content (AvgIpc) is 2.84. The molecule has 1 saturated heterocycles. The Bertz CT molecular complexity index is 1120. The number of terminal acetylenes is 1. The van der Waals surface area contributed by atoms with Gasteiger partial charge in [0.1, 0.15) is 18.0 Å². The Balaban J connectivity index is 2.27. The number of halogens is 1. The lowest BCUT2D eigenvalue weighted by molar-refractivity contribution is -0.0785. The molecule has 0 saturated carbocycles. The molecule has 21 heteroatoms. The van der Waals surface area contributed by atoms with Crippen molar-refractivity contribution in [3.8, 4) is 12.3 Å². The number of anilines is 1. The smallest absolute Gasteiger partial charge is 0.387 e. The van der Waals surface area contributed by atoms with E-state index in [1.165, 1.54) is 0 Å². The van der Waals surface area contributed by atoms with E-state index in [2.05, 4.69) is 23.2 Å². The van der Waals surface area contributed by atoms with E-state index in [1.54, 1.807) is 0 Å². The van der Waals surface area contributed by atoms with Crippen LogP contribution in [0.1, 0.15) is 13.2 Å². The van der Waals surface area contributed by atoms with Crippen molar-refractivity contribution in [1.82, 2.24) is 14.8 Å². The maximum Gasteiger partial charge on any atom is 0.490 e. The van der Waals surface area contributed by atoms with Crippen molar-refractivity contribution < 1.29 is 56.3 Å². The van der Waals surface area contributed by atoms with Gasteiger partial charge in [-0.1, -0.05) is 17.5 Å². The lowest BCUT2D eigenvalue weighted by Gasteiger charge is -2.26. The van der Waals surface area contributed by atoms with E-state index in [4.69, 9.17) is 38.3 Å². The molecule has 3 unspecified atom stereocenters. The predicted molar refractivity (Wildman–Crippen MR) is 102 cm³/mol. The van der Waals surface area contributed by atoms with Gasteiger partial charge in [-0.05, 0) is 6.92 Å². The molecule has 180 valence electrons. The number of alkyl halides is 1. The van der Waals surface area contributed by atoms with Crippen LogP contribution in [0.15, 0.2) is 11.0 Å². The zero-order valence-corrected chi connectivity index (χ0v) is 19.0. The molecule has 17 nitrogen and oxygen atoms in total. The van der Waals surface area contributed by atoms with Gasteiger partial charge in [-0.3, -0.25) is 4.52 Å². The number of nitrogens with zero attached hydrogens (tertiary/aromatic N) is 3. The second-order valence-corrected chi connectivity index (χ2v) is 11.1. The molecule has 32 heavy (non-hydrogen) atoms. The number of aromatic nitrogens is 3. The minimum atomic E-state index is -5.78. The third kappa shape index (κ3) is 6.22. The maximum absolute atomic E-state index is 12.1. The number of aliphatic hydroxyl groups is 1. The molecule has 7 N–H and O–H groups in total. The molecule has 2 rings (SSSR count). The zero-order valence-electron chi connectivity index (χ0n) is 15.6. The summed E-state index contributed by atoms with van der Waals surface area (Å²) in [6.07, 6.45) is -0.603. The number of ether oxygens (including phenoxy) is 1. The van der Waals surface area contributed by atoms with Gasteiger partial charge < -0.3 is 35.2 Å². The van der Waals surface area contributed by atoms with Crippen LogP contribution in [0.2, 0.25) is 0 Å². The molecule has 1 fully saturated rings. The van der Waals surface area contributed by atoms with E-state index in [9.17, 15) is 33.4 Å². The Morgan fingerprint density at radius 3 is 2.41 bits per heavy atom. The summed E-state index contributed by atoms with van der Waals surface area (Å²) in [5, 5.41) is 14.2. The van der Waals surface area contributed by atoms with Crippen LogP contribution in [0.4, 0.5) is 5.82 Å². The number of hydrogen-bond acceptors (Lipinski definition) is 12. The minimum Gasteiger partial charge on any atom is -0.387 e. The highest BCUT2D eigenvalue weighted by molar-refractivity contribution is 7.66. The van der Waals surface area contributed by atoms with Crippen molar-refractivity contribution in [2.75, 3.05) is 5.73 Å². The largest absolute Gasteiger partial charge is 0.490 e. The van der Waals surface area contributed by atoms with E-state index in [0.29, 0.717) is 4.68 Å². The quantitative estimate of drug-likeness (QED) is 0.129. The van der Waals surface area contributed by atoms with Crippen molar-refractivity contribution in [2.24, 2.45) is 0 Å². The summed E-state index contributed by atoms with van der Waals surface area (Å²) in [6.45, 7) is 1.01. The number of hydrogen-bond donors (Lipinski definition) is 6. The standard InChI is InChI=1S/C11H16ClN4O13P3/c1-3-11(12)8(17)7(26-9(11)16-10(18)15-6(13)4-14-16)5(2)27-31(22,23)29-32(24,25)28-30(19,20)21/h1,4-5,7-9,17H,2H3,(H,22,23)(H,24,25)(H2,13,15,18)(H2,19,20,21)/t5-,7+,8?,9+,11+/m0/s1. The van der Waals surface area contributed by atoms with E-state index >= 15 is 0 Å². The molecule has 0 aliphatic carbocycles. The fraction of sp³-hybridized carbons (Fsp3) is 0.545. The maximum atomic E-state index is 12.1. The van der Waals surface area contributed by atoms with Gasteiger partial charge in [0.15, 0.2) is 11.1 Å². The van der Waals surface area contributed by atoms with Crippen LogP contribution in [0, 0.1) is 12.3 Å². The second-order valence-electron chi connectivity index (χ2n) is 6.12. The Hall–Kier alpha value is -1.21. The fourth-order valence-corrected chi connectivity index (χ4v) is 6.03. The summed E-state index contributed by atoms with van der Waals surface area (Å²) in [6, 6.07) is 0. The van der Waals surface area contributed by atoms with Gasteiger partial charge >= 0.3 is 29.2 Å². The van der Waals surface area contributed by atoms with Gasteiger partial charge in [0, 0.05) is 0 Å². The number of aliphatic hydroxyl groups excluding tert-OH is 1. The number of phosphoric acid groups is 3. The third-order valence-electron chi connectivity index (χ3n) is 3.74. The zero-order chi connectivity index (χ0) is 24.7. The molecule has 2 heterocycles. The summed E-state index contributed by atoms with van der Waals surface area (Å²) < 4.78 is 51.8. The summed E-state index contributed by atoms with van der Waals surface area (Å²) in [4.78, 5) is 49.2. The molecular weight excluding hydrogens is 525 g/mol. The number of nitrogen functional groups attached to an aromatic ring is 1. The van der Waals surface area contributed by atoms with Gasteiger partial charge in [0.25, 0.3) is 0 Å². The first kappa shape index (κ1) is 27.0. The highest BCUT2D eigenvalue weighted by Gasteiger charge is 2.59. The predicted octanol–water partition coefficient (Wildman–Crippen LogP) is -1.18.